The Kier molecular flexibility index (Phi) is 4.92. The first-order chi connectivity index (χ1) is 10.1. The summed E-state index contributed by atoms with van der Waals surface area (Å²) >= 11 is 0. The fourth-order valence-corrected chi connectivity index (χ4v) is 1.84. The molecule has 0 fully saturated rings. The molecular weight excluding hydrogens is 273 g/mol. The van der Waals surface area contributed by atoms with Crippen molar-refractivity contribution in [1.82, 2.24) is 10.2 Å². The summed E-state index contributed by atoms with van der Waals surface area (Å²) in [5.74, 6) is -0.392. The zero-order chi connectivity index (χ0) is 15.2. The lowest BCUT2D eigenvalue weighted by Crippen LogP contribution is -2.30. The van der Waals surface area contributed by atoms with Crippen LogP contribution in [0, 0.1) is 5.82 Å². The van der Waals surface area contributed by atoms with Crippen molar-refractivity contribution < 1.29 is 13.9 Å². The largest absolute Gasteiger partial charge is 0.478 e. The number of hydrogen-bond donors (Lipinski definition) is 2. The Labute approximate surface area is 122 Å². The number of hydrogen-bond acceptors (Lipinski definition) is 3. The Morgan fingerprint density at radius 3 is 2.95 bits per heavy atom. The third kappa shape index (κ3) is 4.05. The number of anilines is 1. The average Bonchev–Trinajstić information content (AvgIpc) is 2.89. The minimum Gasteiger partial charge on any atom is -0.478 e. The molecule has 112 valence electrons. The molecule has 1 amide bonds. The molecule has 2 rings (SSSR count). The fraction of sp³-hybridized carbons (Fsp3) is 0.333. The van der Waals surface area contributed by atoms with Crippen LogP contribution < -0.4 is 10.1 Å². The van der Waals surface area contributed by atoms with Crippen LogP contribution in [0.25, 0.3) is 0 Å². The summed E-state index contributed by atoms with van der Waals surface area (Å²) < 4.78 is 18.8. The van der Waals surface area contributed by atoms with Gasteiger partial charge in [0, 0.05) is 11.8 Å². The molecule has 2 aromatic rings. The van der Waals surface area contributed by atoms with E-state index in [-0.39, 0.29) is 11.7 Å². The highest BCUT2D eigenvalue weighted by Gasteiger charge is 2.17. The maximum atomic E-state index is 13.5. The van der Waals surface area contributed by atoms with Gasteiger partial charge in [-0.05, 0) is 25.5 Å². The molecule has 2 N–H and O–H groups in total. The van der Waals surface area contributed by atoms with Crippen LogP contribution in [0.2, 0.25) is 0 Å². The van der Waals surface area contributed by atoms with E-state index in [4.69, 9.17) is 4.74 Å². The first-order valence-electron chi connectivity index (χ1n) is 6.86. The number of para-hydroxylation sites is 1. The van der Waals surface area contributed by atoms with Gasteiger partial charge in [0.05, 0.1) is 0 Å². The standard InChI is InChI=1S/C15H18FN3O2/c1-3-6-11-9-14(19-18-11)17-15(20)10(2)21-13-8-5-4-7-12(13)16/h4-5,7-10H,3,6H2,1-2H3,(H2,17,18,19,20). The second-order valence-corrected chi connectivity index (χ2v) is 4.71. The molecule has 1 heterocycles. The molecule has 1 aromatic carbocycles. The van der Waals surface area contributed by atoms with E-state index in [0.717, 1.165) is 18.5 Å². The van der Waals surface area contributed by atoms with Crippen LogP contribution in [0.4, 0.5) is 10.2 Å². The van der Waals surface area contributed by atoms with Crippen LogP contribution in [0.5, 0.6) is 5.75 Å². The van der Waals surface area contributed by atoms with E-state index in [1.807, 2.05) is 0 Å². The number of nitrogens with one attached hydrogen (secondary N) is 2. The van der Waals surface area contributed by atoms with E-state index in [9.17, 15) is 9.18 Å². The van der Waals surface area contributed by atoms with Crippen molar-refractivity contribution in [3.63, 3.8) is 0 Å². The molecule has 0 radical (unpaired) electrons. The van der Waals surface area contributed by atoms with Gasteiger partial charge in [0.2, 0.25) is 0 Å². The molecule has 1 unspecified atom stereocenters. The van der Waals surface area contributed by atoms with Gasteiger partial charge in [0.25, 0.3) is 5.91 Å². The van der Waals surface area contributed by atoms with Crippen LogP contribution in [0.15, 0.2) is 30.3 Å². The smallest absolute Gasteiger partial charge is 0.266 e. The lowest BCUT2D eigenvalue weighted by atomic mass is 10.2. The predicted octanol–water partition coefficient (Wildman–Crippen LogP) is 2.91. The molecule has 0 aliphatic heterocycles. The van der Waals surface area contributed by atoms with Crippen molar-refractivity contribution in [3.8, 4) is 5.75 Å². The van der Waals surface area contributed by atoms with Gasteiger partial charge in [0.15, 0.2) is 23.5 Å². The fourth-order valence-electron chi connectivity index (χ4n) is 1.84. The number of halogens is 1. The van der Waals surface area contributed by atoms with Gasteiger partial charge in [-0.15, -0.1) is 0 Å². The molecule has 0 spiro atoms. The monoisotopic (exact) mass is 291 g/mol. The third-order valence-corrected chi connectivity index (χ3v) is 2.91. The van der Waals surface area contributed by atoms with Crippen LogP contribution >= 0.6 is 0 Å². The molecule has 0 bridgehead atoms. The molecule has 0 aliphatic carbocycles. The van der Waals surface area contributed by atoms with Gasteiger partial charge >= 0.3 is 0 Å². The Balaban J connectivity index is 1.94. The second-order valence-electron chi connectivity index (χ2n) is 4.71. The molecule has 0 aliphatic rings. The number of ether oxygens (including phenoxy) is 1. The Morgan fingerprint density at radius 2 is 2.24 bits per heavy atom. The lowest BCUT2D eigenvalue weighted by molar-refractivity contribution is -0.122. The molecule has 1 aromatic heterocycles. The average molecular weight is 291 g/mol. The summed E-state index contributed by atoms with van der Waals surface area (Å²) in [6.45, 7) is 3.62. The van der Waals surface area contributed by atoms with Crippen LogP contribution in [-0.2, 0) is 11.2 Å². The zero-order valence-corrected chi connectivity index (χ0v) is 12.0. The number of aryl methyl sites for hydroxylation is 1. The normalized spacial score (nSPS) is 12.0. The summed E-state index contributed by atoms with van der Waals surface area (Å²) in [4.78, 5) is 12.0. The van der Waals surface area contributed by atoms with Crippen molar-refractivity contribution in [2.45, 2.75) is 32.8 Å². The summed E-state index contributed by atoms with van der Waals surface area (Å²) in [6, 6.07) is 7.74. The number of H-pyrrole nitrogens is 1. The van der Waals surface area contributed by atoms with E-state index in [2.05, 4.69) is 22.4 Å². The van der Waals surface area contributed by atoms with Gasteiger partial charge in [0.1, 0.15) is 0 Å². The van der Waals surface area contributed by atoms with Crippen molar-refractivity contribution in [2.75, 3.05) is 5.32 Å². The number of aromatic nitrogens is 2. The zero-order valence-electron chi connectivity index (χ0n) is 12.0. The van der Waals surface area contributed by atoms with Gasteiger partial charge in [-0.2, -0.15) is 5.10 Å². The molecular formula is C15H18FN3O2. The van der Waals surface area contributed by atoms with Crippen molar-refractivity contribution in [3.05, 3.63) is 41.8 Å². The van der Waals surface area contributed by atoms with Gasteiger partial charge in [-0.3, -0.25) is 9.89 Å². The SMILES string of the molecule is CCCc1cc(NC(=O)C(C)Oc2ccccc2F)n[nH]1. The number of carbonyl (C=O) groups is 1. The number of benzene rings is 1. The van der Waals surface area contributed by atoms with Crippen LogP contribution in [0.1, 0.15) is 26.0 Å². The summed E-state index contributed by atoms with van der Waals surface area (Å²) in [5, 5.41) is 9.47. The molecule has 21 heavy (non-hydrogen) atoms. The van der Waals surface area contributed by atoms with E-state index >= 15 is 0 Å². The molecule has 0 saturated heterocycles. The molecule has 1 atom stereocenters. The van der Waals surface area contributed by atoms with Gasteiger partial charge in [-0.25, -0.2) is 4.39 Å². The highest BCUT2D eigenvalue weighted by atomic mass is 19.1. The summed E-state index contributed by atoms with van der Waals surface area (Å²) in [7, 11) is 0. The quantitative estimate of drug-likeness (QED) is 0.860. The highest BCUT2D eigenvalue weighted by molar-refractivity contribution is 5.93. The Bertz CT molecular complexity index is 612. The van der Waals surface area contributed by atoms with Crippen molar-refractivity contribution >= 4 is 11.7 Å². The minimum absolute atomic E-state index is 0.0499. The second kappa shape index (κ2) is 6.88. The number of rotatable bonds is 6. The highest BCUT2D eigenvalue weighted by Crippen LogP contribution is 2.17. The molecule has 0 saturated carbocycles. The Hall–Kier alpha value is -2.37. The summed E-state index contributed by atoms with van der Waals surface area (Å²) in [6.07, 6.45) is 1.03. The van der Waals surface area contributed by atoms with E-state index in [1.165, 1.54) is 12.1 Å². The van der Waals surface area contributed by atoms with Crippen molar-refractivity contribution in [1.29, 1.82) is 0 Å². The summed E-state index contributed by atoms with van der Waals surface area (Å²) in [5.41, 5.74) is 0.954. The van der Waals surface area contributed by atoms with Crippen LogP contribution in [0.3, 0.4) is 0 Å². The van der Waals surface area contributed by atoms with E-state index < -0.39 is 11.9 Å². The lowest BCUT2D eigenvalue weighted by Gasteiger charge is -2.14. The maximum absolute atomic E-state index is 13.5. The first kappa shape index (κ1) is 15.0. The topological polar surface area (TPSA) is 67.0 Å². The van der Waals surface area contributed by atoms with E-state index in [1.54, 1.807) is 25.1 Å². The molecule has 5 nitrogen and oxygen atoms in total. The van der Waals surface area contributed by atoms with E-state index in [0.29, 0.717) is 5.82 Å². The molecule has 6 heteroatoms. The first-order valence-corrected chi connectivity index (χ1v) is 6.86. The minimum atomic E-state index is -0.826. The number of amides is 1. The number of carbonyl (C=O) groups excluding carboxylic acids is 1. The van der Waals surface area contributed by atoms with Crippen molar-refractivity contribution in [2.24, 2.45) is 0 Å². The number of nitrogens with zero attached hydrogens (tertiary/aromatic N) is 1. The maximum Gasteiger partial charge on any atom is 0.266 e. The number of aromatic amines is 1. The van der Waals surface area contributed by atoms with Crippen LogP contribution in [-0.4, -0.2) is 22.2 Å². The van der Waals surface area contributed by atoms with Gasteiger partial charge in [-0.1, -0.05) is 25.5 Å². The predicted molar refractivity (Wildman–Crippen MR) is 77.7 cm³/mol. The third-order valence-electron chi connectivity index (χ3n) is 2.91. The van der Waals surface area contributed by atoms with Gasteiger partial charge < -0.3 is 10.1 Å². The Morgan fingerprint density at radius 1 is 1.48 bits per heavy atom.